The highest BCUT2D eigenvalue weighted by Crippen LogP contribution is 2.22. The van der Waals surface area contributed by atoms with Crippen LogP contribution < -0.4 is 10.5 Å². The molecule has 21 heavy (non-hydrogen) atoms. The summed E-state index contributed by atoms with van der Waals surface area (Å²) in [4.78, 5) is -0.970. The van der Waals surface area contributed by atoms with E-state index in [-0.39, 0.29) is 18.2 Å². The number of halogens is 2. The van der Waals surface area contributed by atoms with Crippen LogP contribution in [0.4, 0.5) is 14.5 Å². The summed E-state index contributed by atoms with van der Waals surface area (Å²) in [6.45, 7) is 4.18. The summed E-state index contributed by atoms with van der Waals surface area (Å²) < 4.78 is 53.7. The number of unbranched alkanes of at least 4 members (excludes halogenated alkanes) is 1. The van der Waals surface area contributed by atoms with E-state index in [0.29, 0.717) is 0 Å². The predicted molar refractivity (Wildman–Crippen MR) is 79.3 cm³/mol. The summed E-state index contributed by atoms with van der Waals surface area (Å²) in [5.74, 6) is -2.21. The lowest BCUT2D eigenvalue weighted by molar-refractivity contribution is 0.441. The van der Waals surface area contributed by atoms with Crippen LogP contribution in [0.15, 0.2) is 17.0 Å². The molecule has 3 N–H and O–H groups in total. The zero-order valence-corrected chi connectivity index (χ0v) is 13.1. The third-order valence-electron chi connectivity index (χ3n) is 3.39. The molecule has 0 aromatic heterocycles. The first kappa shape index (κ1) is 17.8. The van der Waals surface area contributed by atoms with Crippen LogP contribution in [0.2, 0.25) is 0 Å². The van der Waals surface area contributed by atoms with Crippen LogP contribution >= 0.6 is 0 Å². The third-order valence-corrected chi connectivity index (χ3v) is 4.87. The lowest BCUT2D eigenvalue weighted by atomic mass is 10.00. The van der Waals surface area contributed by atoms with Crippen molar-refractivity contribution in [1.29, 1.82) is 0 Å². The van der Waals surface area contributed by atoms with E-state index < -0.39 is 26.6 Å². The van der Waals surface area contributed by atoms with Crippen molar-refractivity contribution < 1.29 is 17.2 Å². The smallest absolute Gasteiger partial charge is 0.246 e. The normalized spacial score (nSPS) is 13.3. The molecule has 1 aromatic carbocycles. The molecule has 0 aliphatic heterocycles. The van der Waals surface area contributed by atoms with Crippen LogP contribution in [0.3, 0.4) is 0 Å². The maximum atomic E-state index is 13.7. The van der Waals surface area contributed by atoms with Gasteiger partial charge in [-0.15, -0.1) is 0 Å². The fourth-order valence-electron chi connectivity index (χ4n) is 2.08. The van der Waals surface area contributed by atoms with E-state index in [4.69, 9.17) is 5.73 Å². The SMILES string of the molecule is CCCCC(CC)CNS(=O)(=O)c1c(F)cc(N)cc1F. The molecule has 4 nitrogen and oxygen atoms in total. The van der Waals surface area contributed by atoms with Crippen LogP contribution in [0.5, 0.6) is 0 Å². The molecule has 0 aliphatic carbocycles. The maximum absolute atomic E-state index is 13.7. The minimum absolute atomic E-state index is 0.152. The van der Waals surface area contributed by atoms with Gasteiger partial charge in [-0.1, -0.05) is 33.1 Å². The van der Waals surface area contributed by atoms with Gasteiger partial charge in [0.1, 0.15) is 11.6 Å². The molecular weight excluding hydrogens is 298 g/mol. The van der Waals surface area contributed by atoms with Crippen molar-refractivity contribution in [2.75, 3.05) is 12.3 Å². The van der Waals surface area contributed by atoms with Crippen LogP contribution in [-0.2, 0) is 10.0 Å². The molecule has 0 aliphatic rings. The van der Waals surface area contributed by atoms with Gasteiger partial charge in [0.25, 0.3) is 0 Å². The number of nitrogens with two attached hydrogens (primary N) is 1. The first-order valence-corrected chi connectivity index (χ1v) is 8.54. The molecule has 0 radical (unpaired) electrons. The molecule has 0 fully saturated rings. The molecule has 0 bridgehead atoms. The first-order valence-electron chi connectivity index (χ1n) is 7.06. The summed E-state index contributed by atoms with van der Waals surface area (Å²) in [7, 11) is -4.22. The molecule has 1 unspecified atom stereocenters. The average molecular weight is 320 g/mol. The Balaban J connectivity index is 2.87. The van der Waals surface area contributed by atoms with Gasteiger partial charge in [0.15, 0.2) is 4.90 Å². The highest BCUT2D eigenvalue weighted by Gasteiger charge is 2.25. The van der Waals surface area contributed by atoms with Crippen molar-refractivity contribution in [1.82, 2.24) is 4.72 Å². The predicted octanol–water partition coefficient (Wildman–Crippen LogP) is 3.04. The Morgan fingerprint density at radius 3 is 2.29 bits per heavy atom. The summed E-state index contributed by atoms with van der Waals surface area (Å²) in [5.41, 5.74) is 5.12. The summed E-state index contributed by atoms with van der Waals surface area (Å²) in [5, 5.41) is 0. The van der Waals surface area contributed by atoms with Gasteiger partial charge < -0.3 is 5.73 Å². The minimum Gasteiger partial charge on any atom is -0.399 e. The molecule has 0 amide bonds. The van der Waals surface area contributed by atoms with E-state index in [1.54, 1.807) is 0 Å². The van der Waals surface area contributed by atoms with Crippen LogP contribution in [0.25, 0.3) is 0 Å². The summed E-state index contributed by atoms with van der Waals surface area (Å²) in [6.07, 6.45) is 3.69. The number of sulfonamides is 1. The molecule has 1 atom stereocenters. The second kappa shape index (κ2) is 7.70. The Morgan fingerprint density at radius 2 is 1.81 bits per heavy atom. The zero-order valence-electron chi connectivity index (χ0n) is 12.3. The standard InChI is InChI=1S/C14H22F2N2O2S/c1-3-5-6-10(4-2)9-18-21(19,20)14-12(15)7-11(17)8-13(14)16/h7-8,10,18H,3-6,9,17H2,1-2H3. The fraction of sp³-hybridized carbons (Fsp3) is 0.571. The Kier molecular flexibility index (Phi) is 6.54. The lowest BCUT2D eigenvalue weighted by Gasteiger charge is -2.16. The van der Waals surface area contributed by atoms with Gasteiger partial charge in [-0.3, -0.25) is 0 Å². The Hall–Kier alpha value is -1.21. The number of hydrogen-bond donors (Lipinski definition) is 2. The molecule has 0 heterocycles. The minimum atomic E-state index is -4.22. The lowest BCUT2D eigenvalue weighted by Crippen LogP contribution is -2.30. The van der Waals surface area contributed by atoms with E-state index in [0.717, 1.165) is 37.8 Å². The van der Waals surface area contributed by atoms with E-state index in [1.807, 2.05) is 6.92 Å². The highest BCUT2D eigenvalue weighted by molar-refractivity contribution is 7.89. The Morgan fingerprint density at radius 1 is 1.24 bits per heavy atom. The molecule has 1 rings (SSSR count). The van der Waals surface area contributed by atoms with Crippen LogP contribution in [0.1, 0.15) is 39.5 Å². The van der Waals surface area contributed by atoms with Crippen molar-refractivity contribution in [2.45, 2.75) is 44.4 Å². The highest BCUT2D eigenvalue weighted by atomic mass is 32.2. The van der Waals surface area contributed by atoms with Crippen molar-refractivity contribution in [3.05, 3.63) is 23.8 Å². The van der Waals surface area contributed by atoms with Crippen molar-refractivity contribution in [3.8, 4) is 0 Å². The summed E-state index contributed by atoms with van der Waals surface area (Å²) >= 11 is 0. The Labute approximate surface area is 124 Å². The van der Waals surface area contributed by atoms with Crippen molar-refractivity contribution in [2.24, 2.45) is 5.92 Å². The molecule has 0 saturated heterocycles. The summed E-state index contributed by atoms with van der Waals surface area (Å²) in [6, 6.07) is 1.60. The molecular formula is C14H22F2N2O2S. The van der Waals surface area contributed by atoms with Crippen molar-refractivity contribution in [3.63, 3.8) is 0 Å². The van der Waals surface area contributed by atoms with E-state index in [9.17, 15) is 17.2 Å². The quantitative estimate of drug-likeness (QED) is 0.723. The third kappa shape index (κ3) is 4.93. The second-order valence-electron chi connectivity index (χ2n) is 5.08. The van der Waals surface area contributed by atoms with Crippen LogP contribution in [0, 0.1) is 17.6 Å². The van der Waals surface area contributed by atoms with E-state index in [1.165, 1.54) is 0 Å². The van der Waals surface area contributed by atoms with Gasteiger partial charge in [0, 0.05) is 12.2 Å². The van der Waals surface area contributed by atoms with E-state index >= 15 is 0 Å². The number of nitrogen functional groups attached to an aromatic ring is 1. The van der Waals surface area contributed by atoms with Gasteiger partial charge in [0.05, 0.1) is 0 Å². The molecule has 0 saturated carbocycles. The average Bonchev–Trinajstić information content (AvgIpc) is 2.37. The number of anilines is 1. The van der Waals surface area contributed by atoms with Gasteiger partial charge in [-0.25, -0.2) is 21.9 Å². The number of benzene rings is 1. The molecule has 120 valence electrons. The molecule has 1 aromatic rings. The van der Waals surface area contributed by atoms with Crippen LogP contribution in [-0.4, -0.2) is 15.0 Å². The molecule has 7 heteroatoms. The number of rotatable bonds is 8. The van der Waals surface area contributed by atoms with E-state index in [2.05, 4.69) is 11.6 Å². The van der Waals surface area contributed by atoms with Gasteiger partial charge in [-0.2, -0.15) is 0 Å². The van der Waals surface area contributed by atoms with Gasteiger partial charge >= 0.3 is 0 Å². The first-order chi connectivity index (χ1) is 9.81. The molecule has 0 spiro atoms. The topological polar surface area (TPSA) is 72.2 Å². The largest absolute Gasteiger partial charge is 0.399 e. The van der Waals surface area contributed by atoms with Gasteiger partial charge in [0.2, 0.25) is 10.0 Å². The Bertz CT molecular complexity index is 553. The maximum Gasteiger partial charge on any atom is 0.246 e. The number of hydrogen-bond acceptors (Lipinski definition) is 3. The zero-order chi connectivity index (χ0) is 16.0. The van der Waals surface area contributed by atoms with Gasteiger partial charge in [-0.05, 0) is 24.5 Å². The number of nitrogens with one attached hydrogen (secondary N) is 1. The fourth-order valence-corrected chi connectivity index (χ4v) is 3.31. The monoisotopic (exact) mass is 320 g/mol. The van der Waals surface area contributed by atoms with Crippen molar-refractivity contribution >= 4 is 15.7 Å². The second-order valence-corrected chi connectivity index (χ2v) is 6.79.